The molecule has 0 bridgehead atoms. The second-order valence-electron chi connectivity index (χ2n) is 4.92. The van der Waals surface area contributed by atoms with Gasteiger partial charge in [-0.2, -0.15) is 0 Å². The fourth-order valence-corrected chi connectivity index (χ4v) is 3.20. The molecule has 1 aliphatic rings. The fourth-order valence-electron chi connectivity index (χ4n) is 2.22. The number of fused-ring (bicyclic) bond motifs is 1. The van der Waals surface area contributed by atoms with Crippen LogP contribution in [0.15, 0.2) is 18.2 Å². The first-order valence-electron chi connectivity index (χ1n) is 6.39. The largest absolute Gasteiger partial charge is 0.487 e. The maximum absolute atomic E-state index is 11.9. The minimum Gasteiger partial charge on any atom is -0.487 e. The van der Waals surface area contributed by atoms with E-state index >= 15 is 0 Å². The third-order valence-electron chi connectivity index (χ3n) is 3.11. The van der Waals surface area contributed by atoms with Gasteiger partial charge in [0.25, 0.3) is 0 Å². The molecule has 0 saturated carbocycles. The molecule has 1 unspecified atom stereocenters. The molecule has 1 aliphatic heterocycles. The fraction of sp³-hybridized carbons (Fsp3) is 0.538. The van der Waals surface area contributed by atoms with E-state index in [0.29, 0.717) is 24.5 Å². The molecule has 0 radical (unpaired) electrons. The molecule has 106 valence electrons. The first-order chi connectivity index (χ1) is 8.91. The lowest BCUT2D eigenvalue weighted by Crippen LogP contribution is -2.41. The van der Waals surface area contributed by atoms with Crippen LogP contribution in [0.3, 0.4) is 0 Å². The van der Waals surface area contributed by atoms with Gasteiger partial charge >= 0.3 is 0 Å². The van der Waals surface area contributed by atoms with Crippen LogP contribution in [0.25, 0.3) is 0 Å². The number of rotatable bonds is 4. The Morgan fingerprint density at radius 1 is 1.47 bits per heavy atom. The number of benzene rings is 1. The lowest BCUT2D eigenvalue weighted by atomic mass is 10.1. The first kappa shape index (κ1) is 14.1. The third-order valence-corrected chi connectivity index (χ3v) is 4.26. The number of hydrogen-bond donors (Lipinski definition) is 1. The molecule has 5 nitrogen and oxygen atoms in total. The van der Waals surface area contributed by atoms with Crippen molar-refractivity contribution >= 4 is 15.7 Å². The summed E-state index contributed by atoms with van der Waals surface area (Å²) in [6.45, 7) is 2.84. The molecule has 2 rings (SSSR count). The van der Waals surface area contributed by atoms with Gasteiger partial charge in [0, 0.05) is 0 Å². The number of anilines is 1. The van der Waals surface area contributed by atoms with Crippen molar-refractivity contribution in [3.8, 4) is 5.75 Å². The van der Waals surface area contributed by atoms with Crippen LogP contribution in [0.2, 0.25) is 0 Å². The summed E-state index contributed by atoms with van der Waals surface area (Å²) in [5.74, 6) is 0.626. The van der Waals surface area contributed by atoms with Crippen LogP contribution in [0.4, 0.5) is 5.69 Å². The van der Waals surface area contributed by atoms with Gasteiger partial charge in [-0.3, -0.25) is 4.31 Å². The van der Waals surface area contributed by atoms with E-state index in [2.05, 4.69) is 0 Å². The molecule has 1 aromatic carbocycles. The molecule has 0 fully saturated rings. The van der Waals surface area contributed by atoms with Crippen LogP contribution < -0.4 is 14.8 Å². The van der Waals surface area contributed by atoms with E-state index in [1.54, 1.807) is 0 Å². The molecule has 0 aromatic heterocycles. The number of aryl methyl sites for hydroxylation is 1. The lowest BCUT2D eigenvalue weighted by Gasteiger charge is -2.33. The SMILES string of the molecule is CC1CN(S(C)(=O)=O)c2cc(CCCN)ccc2O1. The van der Waals surface area contributed by atoms with Crippen molar-refractivity contribution in [2.75, 3.05) is 23.7 Å². The number of sulfonamides is 1. The monoisotopic (exact) mass is 284 g/mol. The molecule has 19 heavy (non-hydrogen) atoms. The zero-order valence-electron chi connectivity index (χ0n) is 11.3. The van der Waals surface area contributed by atoms with Crippen LogP contribution in [0.1, 0.15) is 18.9 Å². The second-order valence-corrected chi connectivity index (χ2v) is 6.82. The van der Waals surface area contributed by atoms with Crippen LogP contribution in [-0.4, -0.2) is 33.9 Å². The van der Waals surface area contributed by atoms with Gasteiger partial charge < -0.3 is 10.5 Å². The quantitative estimate of drug-likeness (QED) is 0.899. The van der Waals surface area contributed by atoms with Crippen molar-refractivity contribution in [1.29, 1.82) is 0 Å². The smallest absolute Gasteiger partial charge is 0.232 e. The number of ether oxygens (including phenoxy) is 1. The van der Waals surface area contributed by atoms with Gasteiger partial charge in [-0.15, -0.1) is 0 Å². The van der Waals surface area contributed by atoms with Crippen molar-refractivity contribution in [3.05, 3.63) is 23.8 Å². The molecule has 1 aromatic rings. The number of nitrogens with zero attached hydrogens (tertiary/aromatic N) is 1. The van der Waals surface area contributed by atoms with E-state index < -0.39 is 10.0 Å². The zero-order chi connectivity index (χ0) is 14.0. The Labute approximate surface area is 114 Å². The Bertz CT molecular complexity index is 557. The van der Waals surface area contributed by atoms with Gasteiger partial charge in [0.05, 0.1) is 18.5 Å². The molecule has 0 spiro atoms. The highest BCUT2D eigenvalue weighted by molar-refractivity contribution is 7.92. The van der Waals surface area contributed by atoms with Crippen molar-refractivity contribution in [1.82, 2.24) is 0 Å². The third kappa shape index (κ3) is 3.19. The van der Waals surface area contributed by atoms with E-state index in [1.165, 1.54) is 10.6 Å². The molecule has 6 heteroatoms. The minimum absolute atomic E-state index is 0.142. The first-order valence-corrected chi connectivity index (χ1v) is 8.24. The van der Waals surface area contributed by atoms with Gasteiger partial charge in [-0.05, 0) is 44.0 Å². The summed E-state index contributed by atoms with van der Waals surface area (Å²) in [4.78, 5) is 0. The van der Waals surface area contributed by atoms with Gasteiger partial charge in [0.2, 0.25) is 10.0 Å². The molecular formula is C13H20N2O3S. The Hall–Kier alpha value is -1.27. The van der Waals surface area contributed by atoms with Gasteiger partial charge in [-0.25, -0.2) is 8.42 Å². The van der Waals surface area contributed by atoms with E-state index in [4.69, 9.17) is 10.5 Å². The Morgan fingerprint density at radius 3 is 2.84 bits per heavy atom. The average molecular weight is 284 g/mol. The normalized spacial score (nSPS) is 18.9. The summed E-state index contributed by atoms with van der Waals surface area (Å²) >= 11 is 0. The minimum atomic E-state index is -3.28. The molecule has 0 saturated heterocycles. The second kappa shape index (κ2) is 5.38. The number of hydrogen-bond acceptors (Lipinski definition) is 4. The summed E-state index contributed by atoms with van der Waals surface area (Å²) in [5.41, 5.74) is 7.21. The zero-order valence-corrected chi connectivity index (χ0v) is 12.1. The highest BCUT2D eigenvalue weighted by Gasteiger charge is 2.29. The van der Waals surface area contributed by atoms with E-state index in [9.17, 15) is 8.42 Å². The molecule has 2 N–H and O–H groups in total. The molecular weight excluding hydrogens is 264 g/mol. The van der Waals surface area contributed by atoms with Crippen molar-refractivity contribution in [3.63, 3.8) is 0 Å². The van der Waals surface area contributed by atoms with Crippen LogP contribution in [-0.2, 0) is 16.4 Å². The molecule has 1 atom stereocenters. The topological polar surface area (TPSA) is 72.6 Å². The Kier molecular flexibility index (Phi) is 4.01. The van der Waals surface area contributed by atoms with Gasteiger partial charge in [0.15, 0.2) is 0 Å². The maximum Gasteiger partial charge on any atom is 0.232 e. The maximum atomic E-state index is 11.9. The molecule has 0 amide bonds. The predicted molar refractivity (Wildman–Crippen MR) is 76.1 cm³/mol. The standard InChI is InChI=1S/C13H20N2O3S/c1-10-9-15(19(2,16)17)12-8-11(4-3-7-14)5-6-13(12)18-10/h5-6,8,10H,3-4,7,9,14H2,1-2H3. The highest BCUT2D eigenvalue weighted by atomic mass is 32.2. The summed E-state index contributed by atoms with van der Waals surface area (Å²) < 4.78 is 30.8. The van der Waals surface area contributed by atoms with Crippen molar-refractivity contribution < 1.29 is 13.2 Å². The van der Waals surface area contributed by atoms with Crippen LogP contribution >= 0.6 is 0 Å². The van der Waals surface area contributed by atoms with Crippen LogP contribution in [0.5, 0.6) is 5.75 Å². The van der Waals surface area contributed by atoms with E-state index in [1.807, 2.05) is 25.1 Å². The summed E-state index contributed by atoms with van der Waals surface area (Å²) in [6.07, 6.45) is 2.81. The van der Waals surface area contributed by atoms with Crippen molar-refractivity contribution in [2.45, 2.75) is 25.9 Å². The highest BCUT2D eigenvalue weighted by Crippen LogP contribution is 2.35. The summed E-state index contributed by atoms with van der Waals surface area (Å²) in [6, 6.07) is 5.69. The van der Waals surface area contributed by atoms with Gasteiger partial charge in [0.1, 0.15) is 11.9 Å². The number of nitrogens with two attached hydrogens (primary N) is 1. The van der Waals surface area contributed by atoms with E-state index in [0.717, 1.165) is 18.4 Å². The predicted octanol–water partition coefficient (Wildman–Crippen LogP) is 1.12. The van der Waals surface area contributed by atoms with Gasteiger partial charge in [-0.1, -0.05) is 6.07 Å². The Balaban J connectivity index is 2.39. The Morgan fingerprint density at radius 2 is 2.21 bits per heavy atom. The summed E-state index contributed by atoms with van der Waals surface area (Å²) in [7, 11) is -3.28. The lowest BCUT2D eigenvalue weighted by molar-refractivity contribution is 0.219. The molecule has 0 aliphatic carbocycles. The molecule has 1 heterocycles. The average Bonchev–Trinajstić information content (AvgIpc) is 2.34. The van der Waals surface area contributed by atoms with Crippen molar-refractivity contribution in [2.24, 2.45) is 5.73 Å². The summed E-state index contributed by atoms with van der Waals surface area (Å²) in [5, 5.41) is 0. The van der Waals surface area contributed by atoms with Crippen LogP contribution in [0, 0.1) is 0 Å². The van der Waals surface area contributed by atoms with E-state index in [-0.39, 0.29) is 6.10 Å².